The molecule has 4 rings (SSSR count). The van der Waals surface area contributed by atoms with E-state index in [1.165, 1.54) is 12.0 Å². The van der Waals surface area contributed by atoms with Crippen LogP contribution in [-0.2, 0) is 9.59 Å². The number of nitrogens with zero attached hydrogens (tertiary/aromatic N) is 1. The summed E-state index contributed by atoms with van der Waals surface area (Å²) in [4.78, 5) is 27.7. The summed E-state index contributed by atoms with van der Waals surface area (Å²) in [7, 11) is 1.54. The molecule has 3 aromatic rings. The van der Waals surface area contributed by atoms with Crippen molar-refractivity contribution in [1.29, 1.82) is 0 Å². The van der Waals surface area contributed by atoms with Gasteiger partial charge in [-0.25, -0.2) is 0 Å². The number of hydrogen-bond acceptors (Lipinski definition) is 4. The third-order valence-electron chi connectivity index (χ3n) is 5.20. The van der Waals surface area contributed by atoms with Crippen LogP contribution in [0.15, 0.2) is 84.4 Å². The van der Waals surface area contributed by atoms with E-state index in [-0.39, 0.29) is 11.3 Å². The Morgan fingerprint density at radius 2 is 1.63 bits per heavy atom. The Balaban J connectivity index is 2.00. The molecule has 1 atom stereocenters. The number of anilines is 1. The number of hydrogen-bond donors (Lipinski definition) is 1. The van der Waals surface area contributed by atoms with Crippen LogP contribution in [-0.4, -0.2) is 23.9 Å². The van der Waals surface area contributed by atoms with Crippen molar-refractivity contribution in [3.05, 3.63) is 101 Å². The molecule has 1 aliphatic rings. The summed E-state index contributed by atoms with van der Waals surface area (Å²) in [5.41, 5.74) is 2.67. The van der Waals surface area contributed by atoms with E-state index in [4.69, 9.17) is 4.74 Å². The molecule has 0 aliphatic carbocycles. The Hall–Kier alpha value is -3.86. The molecular weight excluding hydrogens is 378 g/mol. The van der Waals surface area contributed by atoms with Crippen molar-refractivity contribution in [3.63, 3.8) is 0 Å². The second kappa shape index (κ2) is 7.87. The predicted molar refractivity (Wildman–Crippen MR) is 115 cm³/mol. The average molecular weight is 399 g/mol. The second-order valence-corrected chi connectivity index (χ2v) is 7.12. The number of carbonyl (C=O) groups excluding carboxylic acids is 2. The Bertz CT molecular complexity index is 1150. The zero-order valence-electron chi connectivity index (χ0n) is 16.7. The van der Waals surface area contributed by atoms with E-state index in [9.17, 15) is 14.7 Å². The molecule has 5 nitrogen and oxygen atoms in total. The van der Waals surface area contributed by atoms with Crippen molar-refractivity contribution in [2.75, 3.05) is 12.0 Å². The van der Waals surface area contributed by atoms with Crippen LogP contribution < -0.4 is 9.64 Å². The molecule has 1 saturated heterocycles. The SMILES string of the molecule is COc1ccccc1[C@H]1C(=C(O)c2ccccc2)C(=O)C(=O)N1c1cccc(C)c1. The van der Waals surface area contributed by atoms with Crippen molar-refractivity contribution in [2.24, 2.45) is 0 Å². The lowest BCUT2D eigenvalue weighted by Gasteiger charge is -2.26. The summed E-state index contributed by atoms with van der Waals surface area (Å²) in [6.07, 6.45) is 0. The molecule has 0 aromatic heterocycles. The van der Waals surface area contributed by atoms with Gasteiger partial charge in [0.25, 0.3) is 11.7 Å². The number of ketones is 1. The quantitative estimate of drug-likeness (QED) is 0.395. The summed E-state index contributed by atoms with van der Waals surface area (Å²) >= 11 is 0. The fourth-order valence-electron chi connectivity index (χ4n) is 3.81. The van der Waals surface area contributed by atoms with Crippen LogP contribution in [0.5, 0.6) is 5.75 Å². The topological polar surface area (TPSA) is 66.8 Å². The Morgan fingerprint density at radius 1 is 0.933 bits per heavy atom. The molecular formula is C25H21NO4. The maximum atomic E-state index is 13.1. The minimum atomic E-state index is -0.817. The number of aliphatic hydroxyl groups excluding tert-OH is 1. The predicted octanol–water partition coefficient (Wildman–Crippen LogP) is 4.63. The molecule has 1 heterocycles. The van der Waals surface area contributed by atoms with Gasteiger partial charge < -0.3 is 9.84 Å². The molecule has 1 fully saturated rings. The van der Waals surface area contributed by atoms with Crippen molar-refractivity contribution < 1.29 is 19.4 Å². The van der Waals surface area contributed by atoms with E-state index >= 15 is 0 Å². The van der Waals surface area contributed by atoms with Crippen LogP contribution in [0.4, 0.5) is 5.69 Å². The van der Waals surface area contributed by atoms with Crippen LogP contribution in [0, 0.1) is 6.92 Å². The third kappa shape index (κ3) is 3.24. The molecule has 0 unspecified atom stereocenters. The molecule has 0 saturated carbocycles. The number of ether oxygens (including phenoxy) is 1. The third-order valence-corrected chi connectivity index (χ3v) is 5.20. The standard InChI is InChI=1S/C25H21NO4/c1-16-9-8-12-18(15-16)26-22(19-13-6-7-14-20(19)30-2)21(24(28)25(26)29)23(27)17-10-4-3-5-11-17/h3-15,22,27H,1-2H3/t22-/m0/s1. The molecule has 0 bridgehead atoms. The maximum Gasteiger partial charge on any atom is 0.300 e. The first-order valence-electron chi connectivity index (χ1n) is 9.59. The number of benzene rings is 3. The lowest BCUT2D eigenvalue weighted by Crippen LogP contribution is -2.29. The highest BCUT2D eigenvalue weighted by molar-refractivity contribution is 6.51. The van der Waals surface area contributed by atoms with Crippen molar-refractivity contribution in [3.8, 4) is 5.75 Å². The molecule has 0 radical (unpaired) electrons. The molecule has 5 heteroatoms. The van der Waals surface area contributed by atoms with Gasteiger partial charge in [0.2, 0.25) is 0 Å². The monoisotopic (exact) mass is 399 g/mol. The molecule has 1 N–H and O–H groups in total. The highest BCUT2D eigenvalue weighted by Gasteiger charge is 2.47. The summed E-state index contributed by atoms with van der Waals surface area (Å²) in [5.74, 6) is -1.09. The first-order chi connectivity index (χ1) is 14.5. The second-order valence-electron chi connectivity index (χ2n) is 7.12. The minimum Gasteiger partial charge on any atom is -0.507 e. The van der Waals surface area contributed by atoms with Gasteiger partial charge in [-0.1, -0.05) is 60.7 Å². The van der Waals surface area contributed by atoms with Crippen LogP contribution >= 0.6 is 0 Å². The number of carbonyl (C=O) groups is 2. The Kier molecular flexibility index (Phi) is 5.11. The maximum absolute atomic E-state index is 13.1. The van der Waals surface area contributed by atoms with Gasteiger partial charge in [-0.15, -0.1) is 0 Å². The zero-order valence-corrected chi connectivity index (χ0v) is 16.7. The summed E-state index contributed by atoms with van der Waals surface area (Å²) in [5, 5.41) is 11.1. The van der Waals surface area contributed by atoms with Gasteiger partial charge in [0.15, 0.2) is 0 Å². The lowest BCUT2D eigenvalue weighted by atomic mass is 9.94. The molecule has 1 aliphatic heterocycles. The first kappa shape index (κ1) is 19.5. The van der Waals surface area contributed by atoms with E-state index in [0.29, 0.717) is 22.6 Å². The van der Waals surface area contributed by atoms with Crippen molar-refractivity contribution in [2.45, 2.75) is 13.0 Å². The van der Waals surface area contributed by atoms with E-state index in [1.807, 2.05) is 43.3 Å². The Labute approximate surface area is 174 Å². The van der Waals surface area contributed by atoms with E-state index in [1.54, 1.807) is 42.5 Å². The van der Waals surface area contributed by atoms with E-state index in [2.05, 4.69) is 0 Å². The highest BCUT2D eigenvalue weighted by Crippen LogP contribution is 2.44. The summed E-state index contributed by atoms with van der Waals surface area (Å²) < 4.78 is 5.52. The first-order valence-corrected chi connectivity index (χ1v) is 9.59. The lowest BCUT2D eigenvalue weighted by molar-refractivity contribution is -0.132. The van der Waals surface area contributed by atoms with E-state index < -0.39 is 17.7 Å². The highest BCUT2D eigenvalue weighted by atomic mass is 16.5. The van der Waals surface area contributed by atoms with Crippen LogP contribution in [0.25, 0.3) is 5.76 Å². The van der Waals surface area contributed by atoms with Gasteiger partial charge in [-0.2, -0.15) is 0 Å². The van der Waals surface area contributed by atoms with Gasteiger partial charge in [-0.05, 0) is 30.7 Å². The smallest absolute Gasteiger partial charge is 0.300 e. The number of aliphatic hydroxyl groups is 1. The van der Waals surface area contributed by atoms with Gasteiger partial charge in [-0.3, -0.25) is 14.5 Å². The number of amides is 1. The molecule has 3 aromatic carbocycles. The van der Waals surface area contributed by atoms with Gasteiger partial charge >= 0.3 is 0 Å². The van der Waals surface area contributed by atoms with Gasteiger partial charge in [0.1, 0.15) is 11.5 Å². The largest absolute Gasteiger partial charge is 0.507 e. The normalized spacial score (nSPS) is 17.9. The number of Topliss-reactive ketones (excluding diaryl/α,β-unsaturated/α-hetero) is 1. The van der Waals surface area contributed by atoms with Crippen molar-refractivity contribution in [1.82, 2.24) is 0 Å². The van der Waals surface area contributed by atoms with Crippen molar-refractivity contribution >= 4 is 23.1 Å². The number of rotatable bonds is 4. The molecule has 30 heavy (non-hydrogen) atoms. The van der Waals surface area contributed by atoms with Crippen LogP contribution in [0.2, 0.25) is 0 Å². The fourth-order valence-corrected chi connectivity index (χ4v) is 3.81. The average Bonchev–Trinajstić information content (AvgIpc) is 3.04. The van der Waals surface area contributed by atoms with Gasteiger partial charge in [0, 0.05) is 16.8 Å². The number of aryl methyl sites for hydroxylation is 1. The zero-order chi connectivity index (χ0) is 21.3. The fraction of sp³-hybridized carbons (Fsp3) is 0.120. The minimum absolute atomic E-state index is 0.0391. The number of para-hydroxylation sites is 1. The Morgan fingerprint density at radius 3 is 2.33 bits per heavy atom. The molecule has 1 amide bonds. The number of methoxy groups -OCH3 is 1. The molecule has 0 spiro atoms. The summed E-state index contributed by atoms with van der Waals surface area (Å²) in [6, 6.07) is 22.5. The van der Waals surface area contributed by atoms with Gasteiger partial charge in [0.05, 0.1) is 18.7 Å². The van der Waals surface area contributed by atoms with E-state index in [0.717, 1.165) is 5.56 Å². The summed E-state index contributed by atoms with van der Waals surface area (Å²) in [6.45, 7) is 1.92. The molecule has 150 valence electrons. The van der Waals surface area contributed by atoms with Crippen LogP contribution in [0.3, 0.4) is 0 Å². The van der Waals surface area contributed by atoms with Crippen LogP contribution in [0.1, 0.15) is 22.7 Å².